The number of nitrogens with one attached hydrogen (secondary N) is 2. The smallest absolute Gasteiger partial charge is 0.287 e. The minimum Gasteiger partial charge on any atom is -0.459 e. The van der Waals surface area contributed by atoms with Crippen molar-refractivity contribution in [1.82, 2.24) is 19.9 Å². The minimum atomic E-state index is -0.258. The van der Waals surface area contributed by atoms with E-state index in [0.717, 1.165) is 21.5 Å². The molecule has 0 aliphatic heterocycles. The first-order chi connectivity index (χ1) is 13.6. The van der Waals surface area contributed by atoms with Crippen molar-refractivity contribution in [2.45, 2.75) is 0 Å². The molecule has 0 spiro atoms. The Morgan fingerprint density at radius 1 is 1.21 bits per heavy atom. The number of hydrogen-bond donors (Lipinski definition) is 3. The standard InChI is InChI=1S/C19H17BrN6O2/c20-13-11-24-26-17(22-7-8-23-19(27)16-6-3-9-28-16)10-15(25-18(13)26)12-4-1-2-5-14(12)21/h1-6,9-11,22H,7-8,21H2,(H,23,27). The van der Waals surface area contributed by atoms with Gasteiger partial charge in [-0.3, -0.25) is 4.79 Å². The molecule has 1 aromatic carbocycles. The van der Waals surface area contributed by atoms with Gasteiger partial charge in [0.2, 0.25) is 0 Å². The molecule has 0 fully saturated rings. The first-order valence-electron chi connectivity index (χ1n) is 8.58. The SMILES string of the molecule is Nc1ccccc1-c1cc(NCCNC(=O)c2ccco2)n2ncc(Br)c2n1. The minimum absolute atomic E-state index is 0.258. The number of carbonyl (C=O) groups excluding carboxylic acids is 1. The van der Waals surface area contributed by atoms with E-state index in [9.17, 15) is 4.79 Å². The molecular weight excluding hydrogens is 424 g/mol. The van der Waals surface area contributed by atoms with Crippen LogP contribution in [0.25, 0.3) is 16.9 Å². The van der Waals surface area contributed by atoms with Crippen LogP contribution in [-0.2, 0) is 0 Å². The third-order valence-electron chi connectivity index (χ3n) is 4.13. The van der Waals surface area contributed by atoms with Crippen molar-refractivity contribution < 1.29 is 9.21 Å². The van der Waals surface area contributed by atoms with Crippen molar-refractivity contribution >= 4 is 39.0 Å². The van der Waals surface area contributed by atoms with Gasteiger partial charge in [-0.25, -0.2) is 4.98 Å². The number of amides is 1. The molecule has 4 rings (SSSR count). The van der Waals surface area contributed by atoms with E-state index in [-0.39, 0.29) is 11.7 Å². The second kappa shape index (κ2) is 7.73. The van der Waals surface area contributed by atoms with Gasteiger partial charge >= 0.3 is 0 Å². The van der Waals surface area contributed by atoms with Gasteiger partial charge in [0.05, 0.1) is 22.6 Å². The van der Waals surface area contributed by atoms with Gasteiger partial charge < -0.3 is 20.8 Å². The highest BCUT2D eigenvalue weighted by Crippen LogP contribution is 2.28. The van der Waals surface area contributed by atoms with Gasteiger partial charge in [-0.15, -0.1) is 0 Å². The number of nitrogens with zero attached hydrogens (tertiary/aromatic N) is 3. The van der Waals surface area contributed by atoms with Gasteiger partial charge in [-0.1, -0.05) is 18.2 Å². The van der Waals surface area contributed by atoms with Crippen molar-refractivity contribution in [3.63, 3.8) is 0 Å². The summed E-state index contributed by atoms with van der Waals surface area (Å²) in [6.07, 6.45) is 3.15. The molecule has 28 heavy (non-hydrogen) atoms. The fraction of sp³-hybridized carbons (Fsp3) is 0.105. The largest absolute Gasteiger partial charge is 0.459 e. The first kappa shape index (κ1) is 18.1. The van der Waals surface area contributed by atoms with E-state index in [1.807, 2.05) is 30.3 Å². The molecule has 3 aromatic heterocycles. The predicted molar refractivity (Wildman–Crippen MR) is 110 cm³/mol. The molecule has 0 radical (unpaired) electrons. The maximum Gasteiger partial charge on any atom is 0.287 e. The molecular formula is C19H17BrN6O2. The Kier molecular flexibility index (Phi) is 4.98. The summed E-state index contributed by atoms with van der Waals surface area (Å²) in [5, 5.41) is 10.4. The highest BCUT2D eigenvalue weighted by Gasteiger charge is 2.13. The molecule has 0 saturated carbocycles. The van der Waals surface area contributed by atoms with E-state index in [0.29, 0.717) is 24.4 Å². The molecule has 1 amide bonds. The molecule has 0 aliphatic carbocycles. The number of nitrogens with two attached hydrogens (primary N) is 1. The van der Waals surface area contributed by atoms with Crippen LogP contribution in [0, 0.1) is 0 Å². The molecule has 0 unspecified atom stereocenters. The lowest BCUT2D eigenvalue weighted by atomic mass is 10.1. The Hall–Kier alpha value is -3.33. The highest BCUT2D eigenvalue weighted by atomic mass is 79.9. The van der Waals surface area contributed by atoms with E-state index < -0.39 is 0 Å². The van der Waals surface area contributed by atoms with Crippen molar-refractivity contribution in [3.05, 3.63) is 65.2 Å². The van der Waals surface area contributed by atoms with E-state index in [2.05, 4.69) is 36.6 Å². The number of halogens is 1. The Morgan fingerprint density at radius 2 is 2.07 bits per heavy atom. The molecule has 142 valence electrons. The molecule has 0 saturated heterocycles. The molecule has 8 nitrogen and oxygen atoms in total. The van der Waals surface area contributed by atoms with Crippen molar-refractivity contribution in [2.24, 2.45) is 0 Å². The summed E-state index contributed by atoms with van der Waals surface area (Å²) in [5.74, 6) is 0.761. The molecule has 4 aromatic rings. The average Bonchev–Trinajstić information content (AvgIpc) is 3.36. The zero-order valence-corrected chi connectivity index (χ0v) is 16.3. The summed E-state index contributed by atoms with van der Waals surface area (Å²) < 4.78 is 7.55. The summed E-state index contributed by atoms with van der Waals surface area (Å²) in [7, 11) is 0. The van der Waals surface area contributed by atoms with Gasteiger partial charge in [0.25, 0.3) is 5.91 Å². The van der Waals surface area contributed by atoms with Gasteiger partial charge in [0.15, 0.2) is 11.4 Å². The van der Waals surface area contributed by atoms with Crippen LogP contribution in [0.2, 0.25) is 0 Å². The third-order valence-corrected chi connectivity index (χ3v) is 4.69. The van der Waals surface area contributed by atoms with Gasteiger partial charge in [0, 0.05) is 30.4 Å². The number of aromatic nitrogens is 3. The molecule has 0 bridgehead atoms. The topological polar surface area (TPSA) is 110 Å². The number of anilines is 2. The van der Waals surface area contributed by atoms with Crippen LogP contribution >= 0.6 is 15.9 Å². The number of carbonyl (C=O) groups is 1. The Morgan fingerprint density at radius 3 is 2.86 bits per heavy atom. The normalized spacial score (nSPS) is 10.9. The van der Waals surface area contributed by atoms with Gasteiger partial charge in [-0.2, -0.15) is 9.61 Å². The Bertz CT molecular complexity index is 1120. The quantitative estimate of drug-likeness (QED) is 0.313. The maximum atomic E-state index is 11.9. The Balaban J connectivity index is 1.54. The number of fused-ring (bicyclic) bond motifs is 1. The molecule has 9 heteroatoms. The second-order valence-electron chi connectivity index (χ2n) is 6.00. The van der Waals surface area contributed by atoms with Crippen molar-refractivity contribution in [3.8, 4) is 11.3 Å². The van der Waals surface area contributed by atoms with Crippen LogP contribution in [-0.4, -0.2) is 33.6 Å². The molecule has 4 N–H and O–H groups in total. The van der Waals surface area contributed by atoms with E-state index >= 15 is 0 Å². The highest BCUT2D eigenvalue weighted by molar-refractivity contribution is 9.10. The van der Waals surface area contributed by atoms with Gasteiger partial charge in [-0.05, 0) is 34.1 Å². The lowest BCUT2D eigenvalue weighted by molar-refractivity contribution is 0.0927. The third kappa shape index (κ3) is 3.56. The summed E-state index contributed by atoms with van der Waals surface area (Å²) >= 11 is 3.48. The van der Waals surface area contributed by atoms with Crippen LogP contribution in [0.4, 0.5) is 11.5 Å². The fourth-order valence-electron chi connectivity index (χ4n) is 2.79. The summed E-state index contributed by atoms with van der Waals surface area (Å²) in [5.41, 5.74) is 9.00. The van der Waals surface area contributed by atoms with Crippen LogP contribution in [0.1, 0.15) is 10.6 Å². The average molecular weight is 441 g/mol. The van der Waals surface area contributed by atoms with Crippen LogP contribution in [0.15, 0.2) is 63.8 Å². The molecule has 0 aliphatic rings. The predicted octanol–water partition coefficient (Wildman–Crippen LogP) is 3.18. The van der Waals surface area contributed by atoms with Crippen LogP contribution in [0.3, 0.4) is 0 Å². The monoisotopic (exact) mass is 440 g/mol. The number of nitrogen functional groups attached to an aromatic ring is 1. The summed E-state index contributed by atoms with van der Waals surface area (Å²) in [6, 6.07) is 12.7. The fourth-order valence-corrected chi connectivity index (χ4v) is 3.14. The second-order valence-corrected chi connectivity index (χ2v) is 6.86. The number of rotatable bonds is 6. The van der Waals surface area contributed by atoms with Gasteiger partial charge in [0.1, 0.15) is 5.82 Å². The zero-order chi connectivity index (χ0) is 19.5. The van der Waals surface area contributed by atoms with E-state index in [1.54, 1.807) is 22.8 Å². The Labute approximate surface area is 168 Å². The summed E-state index contributed by atoms with van der Waals surface area (Å²) in [4.78, 5) is 16.6. The zero-order valence-electron chi connectivity index (χ0n) is 14.7. The van der Waals surface area contributed by atoms with Crippen molar-refractivity contribution in [1.29, 1.82) is 0 Å². The number of benzene rings is 1. The summed E-state index contributed by atoms with van der Waals surface area (Å²) in [6.45, 7) is 0.904. The lowest BCUT2D eigenvalue weighted by Gasteiger charge is -2.12. The number of hydrogen-bond acceptors (Lipinski definition) is 6. The lowest BCUT2D eigenvalue weighted by Crippen LogP contribution is -2.28. The van der Waals surface area contributed by atoms with Crippen molar-refractivity contribution in [2.75, 3.05) is 24.1 Å². The van der Waals surface area contributed by atoms with E-state index in [1.165, 1.54) is 6.26 Å². The van der Waals surface area contributed by atoms with Crippen LogP contribution in [0.5, 0.6) is 0 Å². The number of furan rings is 1. The first-order valence-corrected chi connectivity index (χ1v) is 9.37. The molecule has 0 atom stereocenters. The van der Waals surface area contributed by atoms with E-state index in [4.69, 9.17) is 10.2 Å². The number of para-hydroxylation sites is 1. The van der Waals surface area contributed by atoms with Crippen LogP contribution < -0.4 is 16.4 Å². The molecule has 3 heterocycles. The maximum absolute atomic E-state index is 11.9.